The first-order valence-electron chi connectivity index (χ1n) is 7.35. The van der Waals surface area contributed by atoms with Gasteiger partial charge in [-0.3, -0.25) is 0 Å². The number of para-hydroxylation sites is 1. The first-order valence-corrected chi connectivity index (χ1v) is 7.35. The Kier molecular flexibility index (Phi) is 4.19. The maximum atomic E-state index is 5.59. The minimum Gasteiger partial charge on any atom is -0.496 e. The minimum atomic E-state index is 0.164. The van der Waals surface area contributed by atoms with Crippen molar-refractivity contribution in [3.05, 3.63) is 29.8 Å². The summed E-state index contributed by atoms with van der Waals surface area (Å²) in [6.07, 6.45) is 5.17. The smallest absolute Gasteiger partial charge is 0.122 e. The number of benzene rings is 1. The molecule has 2 nitrogen and oxygen atoms in total. The van der Waals surface area contributed by atoms with Crippen LogP contribution in [0.1, 0.15) is 52.0 Å². The lowest BCUT2D eigenvalue weighted by Crippen LogP contribution is -2.45. The van der Waals surface area contributed by atoms with Gasteiger partial charge in [-0.15, -0.1) is 0 Å². The first-order chi connectivity index (χ1) is 8.97. The highest BCUT2D eigenvalue weighted by atomic mass is 16.5. The lowest BCUT2D eigenvalue weighted by molar-refractivity contribution is 0.319. The normalized spacial score (nSPS) is 18.5. The van der Waals surface area contributed by atoms with Crippen LogP contribution >= 0.6 is 0 Å². The maximum Gasteiger partial charge on any atom is 0.122 e. The van der Waals surface area contributed by atoms with Gasteiger partial charge in [-0.2, -0.15) is 0 Å². The molecule has 106 valence electrons. The van der Waals surface area contributed by atoms with Gasteiger partial charge in [-0.1, -0.05) is 31.0 Å². The SMILES string of the molecule is COc1ccccc1C1(CNC(C)(C)C)CCCC1. The molecular formula is C17H27NO. The highest BCUT2D eigenvalue weighted by molar-refractivity contribution is 5.40. The Labute approximate surface area is 117 Å². The number of hydrogen-bond donors (Lipinski definition) is 1. The molecule has 1 aliphatic rings. The van der Waals surface area contributed by atoms with Crippen LogP contribution in [0, 0.1) is 0 Å². The van der Waals surface area contributed by atoms with E-state index < -0.39 is 0 Å². The summed E-state index contributed by atoms with van der Waals surface area (Å²) < 4.78 is 5.59. The van der Waals surface area contributed by atoms with Crippen LogP contribution < -0.4 is 10.1 Å². The molecule has 0 unspecified atom stereocenters. The molecule has 1 saturated carbocycles. The van der Waals surface area contributed by atoms with E-state index in [0.29, 0.717) is 0 Å². The number of hydrogen-bond acceptors (Lipinski definition) is 2. The zero-order valence-corrected chi connectivity index (χ0v) is 12.8. The van der Waals surface area contributed by atoms with Gasteiger partial charge >= 0.3 is 0 Å². The average Bonchev–Trinajstić information content (AvgIpc) is 2.85. The van der Waals surface area contributed by atoms with Crippen LogP contribution in [0.5, 0.6) is 5.75 Å². The Morgan fingerprint density at radius 2 is 1.79 bits per heavy atom. The van der Waals surface area contributed by atoms with Crippen molar-refractivity contribution in [2.75, 3.05) is 13.7 Å². The second-order valence-electron chi connectivity index (χ2n) is 6.79. The molecule has 2 heteroatoms. The quantitative estimate of drug-likeness (QED) is 0.887. The molecular weight excluding hydrogens is 234 g/mol. The Hall–Kier alpha value is -1.02. The van der Waals surface area contributed by atoms with Gasteiger partial charge < -0.3 is 10.1 Å². The second kappa shape index (κ2) is 5.54. The van der Waals surface area contributed by atoms with Crippen molar-refractivity contribution in [1.82, 2.24) is 5.32 Å². The van der Waals surface area contributed by atoms with Gasteiger partial charge in [-0.05, 0) is 39.7 Å². The molecule has 19 heavy (non-hydrogen) atoms. The summed E-state index contributed by atoms with van der Waals surface area (Å²) in [5.74, 6) is 1.04. The molecule has 0 bridgehead atoms. The Bertz CT molecular complexity index is 414. The summed E-state index contributed by atoms with van der Waals surface area (Å²) >= 11 is 0. The van der Waals surface area contributed by atoms with Gasteiger partial charge in [0.1, 0.15) is 5.75 Å². The van der Waals surface area contributed by atoms with E-state index in [-0.39, 0.29) is 11.0 Å². The standard InChI is InChI=1S/C17H27NO/c1-16(2,3)18-13-17(11-7-8-12-17)14-9-5-6-10-15(14)19-4/h5-6,9-10,18H,7-8,11-13H2,1-4H3. The molecule has 1 N–H and O–H groups in total. The van der Waals surface area contributed by atoms with Crippen LogP contribution in [-0.2, 0) is 5.41 Å². The predicted molar refractivity (Wildman–Crippen MR) is 80.9 cm³/mol. The molecule has 1 aliphatic carbocycles. The van der Waals surface area contributed by atoms with Crippen LogP contribution in [0.25, 0.3) is 0 Å². The van der Waals surface area contributed by atoms with Crippen LogP contribution in [0.2, 0.25) is 0 Å². The van der Waals surface area contributed by atoms with E-state index in [9.17, 15) is 0 Å². The Morgan fingerprint density at radius 3 is 2.37 bits per heavy atom. The van der Waals surface area contributed by atoms with Crippen molar-refractivity contribution >= 4 is 0 Å². The number of ether oxygens (including phenoxy) is 1. The molecule has 0 amide bonds. The van der Waals surface area contributed by atoms with Gasteiger partial charge in [0, 0.05) is 23.1 Å². The monoisotopic (exact) mass is 261 g/mol. The molecule has 0 heterocycles. The highest BCUT2D eigenvalue weighted by Gasteiger charge is 2.38. The molecule has 1 fully saturated rings. The average molecular weight is 261 g/mol. The summed E-state index contributed by atoms with van der Waals surface area (Å²) in [5, 5.41) is 3.70. The van der Waals surface area contributed by atoms with Crippen LogP contribution in [0.4, 0.5) is 0 Å². The van der Waals surface area contributed by atoms with E-state index in [1.54, 1.807) is 7.11 Å². The van der Waals surface area contributed by atoms with E-state index in [0.717, 1.165) is 12.3 Å². The van der Waals surface area contributed by atoms with Crippen molar-refractivity contribution < 1.29 is 4.74 Å². The fraction of sp³-hybridized carbons (Fsp3) is 0.647. The third kappa shape index (κ3) is 3.30. The molecule has 0 aliphatic heterocycles. The van der Waals surface area contributed by atoms with E-state index in [4.69, 9.17) is 4.74 Å². The van der Waals surface area contributed by atoms with E-state index in [1.807, 2.05) is 0 Å². The summed E-state index contributed by atoms with van der Waals surface area (Å²) in [7, 11) is 1.78. The van der Waals surface area contributed by atoms with Crippen molar-refractivity contribution in [3.63, 3.8) is 0 Å². The molecule has 1 aromatic rings. The first kappa shape index (κ1) is 14.4. The van der Waals surface area contributed by atoms with Crippen molar-refractivity contribution in [1.29, 1.82) is 0 Å². The van der Waals surface area contributed by atoms with E-state index in [2.05, 4.69) is 50.4 Å². The molecule has 0 atom stereocenters. The van der Waals surface area contributed by atoms with Crippen molar-refractivity contribution in [2.24, 2.45) is 0 Å². The van der Waals surface area contributed by atoms with Gasteiger partial charge in [0.05, 0.1) is 7.11 Å². The number of nitrogens with one attached hydrogen (secondary N) is 1. The molecule has 2 rings (SSSR count). The Balaban J connectivity index is 2.28. The third-order valence-electron chi connectivity index (χ3n) is 4.20. The Morgan fingerprint density at radius 1 is 1.16 bits per heavy atom. The van der Waals surface area contributed by atoms with Gasteiger partial charge in [-0.25, -0.2) is 0 Å². The second-order valence-corrected chi connectivity index (χ2v) is 6.79. The zero-order valence-electron chi connectivity index (χ0n) is 12.8. The summed E-state index contributed by atoms with van der Waals surface area (Å²) in [5.41, 5.74) is 1.80. The minimum absolute atomic E-state index is 0.164. The fourth-order valence-corrected chi connectivity index (χ4v) is 3.11. The van der Waals surface area contributed by atoms with Gasteiger partial charge in [0.2, 0.25) is 0 Å². The van der Waals surface area contributed by atoms with E-state index in [1.165, 1.54) is 31.2 Å². The molecule has 0 spiro atoms. The molecule has 0 radical (unpaired) electrons. The summed E-state index contributed by atoms with van der Waals surface area (Å²) in [6, 6.07) is 8.53. The lowest BCUT2D eigenvalue weighted by Gasteiger charge is -2.35. The largest absolute Gasteiger partial charge is 0.496 e. The summed E-state index contributed by atoms with van der Waals surface area (Å²) in [4.78, 5) is 0. The number of methoxy groups -OCH3 is 1. The van der Waals surface area contributed by atoms with Gasteiger partial charge in [0.15, 0.2) is 0 Å². The lowest BCUT2D eigenvalue weighted by atomic mass is 9.77. The van der Waals surface area contributed by atoms with Crippen LogP contribution in [0.3, 0.4) is 0 Å². The topological polar surface area (TPSA) is 21.3 Å². The maximum absolute atomic E-state index is 5.59. The van der Waals surface area contributed by atoms with Crippen LogP contribution in [-0.4, -0.2) is 19.2 Å². The molecule has 0 saturated heterocycles. The van der Waals surface area contributed by atoms with Gasteiger partial charge in [0.25, 0.3) is 0 Å². The number of rotatable bonds is 4. The highest BCUT2D eigenvalue weighted by Crippen LogP contribution is 2.44. The van der Waals surface area contributed by atoms with Crippen molar-refractivity contribution in [2.45, 2.75) is 57.4 Å². The third-order valence-corrected chi connectivity index (χ3v) is 4.20. The fourth-order valence-electron chi connectivity index (χ4n) is 3.11. The van der Waals surface area contributed by atoms with Crippen molar-refractivity contribution in [3.8, 4) is 5.75 Å². The predicted octanol–water partition coefficient (Wildman–Crippen LogP) is 3.90. The molecule has 1 aromatic carbocycles. The van der Waals surface area contributed by atoms with E-state index >= 15 is 0 Å². The summed E-state index contributed by atoms with van der Waals surface area (Å²) in [6.45, 7) is 7.74. The molecule has 0 aromatic heterocycles. The zero-order chi connectivity index (χ0) is 13.9. The van der Waals surface area contributed by atoms with Crippen LogP contribution in [0.15, 0.2) is 24.3 Å².